The lowest BCUT2D eigenvalue weighted by molar-refractivity contribution is 0.0940. The second kappa shape index (κ2) is 9.75. The third-order valence-electron chi connectivity index (χ3n) is 5.10. The molecule has 4 rings (SSSR count). The number of hydrogen-bond donors (Lipinski definition) is 2. The Morgan fingerprint density at radius 2 is 1.69 bits per heavy atom. The van der Waals surface area contributed by atoms with Crippen molar-refractivity contribution in [2.75, 3.05) is 12.4 Å². The van der Waals surface area contributed by atoms with E-state index in [1.54, 1.807) is 19.2 Å². The topological polar surface area (TPSA) is 76.1 Å². The van der Waals surface area contributed by atoms with Crippen molar-refractivity contribution in [3.8, 4) is 17.0 Å². The van der Waals surface area contributed by atoms with Crippen molar-refractivity contribution in [1.82, 2.24) is 15.3 Å². The quantitative estimate of drug-likeness (QED) is 0.416. The summed E-state index contributed by atoms with van der Waals surface area (Å²) in [6.45, 7) is 1.95. The summed E-state index contributed by atoms with van der Waals surface area (Å²) in [7, 11) is 1.63. The van der Waals surface area contributed by atoms with E-state index >= 15 is 0 Å². The van der Waals surface area contributed by atoms with E-state index in [0.29, 0.717) is 11.4 Å². The van der Waals surface area contributed by atoms with Crippen LogP contribution in [0.5, 0.6) is 5.75 Å². The van der Waals surface area contributed by atoms with E-state index in [-0.39, 0.29) is 11.9 Å². The first-order chi connectivity index (χ1) is 15.6. The molecule has 1 amide bonds. The highest BCUT2D eigenvalue weighted by atomic mass is 16.5. The highest BCUT2D eigenvalue weighted by Crippen LogP contribution is 2.22. The molecule has 0 bridgehead atoms. The van der Waals surface area contributed by atoms with Gasteiger partial charge in [-0.2, -0.15) is 0 Å². The fourth-order valence-corrected chi connectivity index (χ4v) is 3.32. The SMILES string of the molecule is COc1cccc(C(C)NC(=O)c2ccc(Nc3cc(-c4ccccc4)ncn3)cc2)c1. The molecule has 0 spiro atoms. The molecule has 160 valence electrons. The van der Waals surface area contributed by atoms with Crippen molar-refractivity contribution in [1.29, 1.82) is 0 Å². The summed E-state index contributed by atoms with van der Waals surface area (Å²) in [5.41, 5.74) is 4.26. The zero-order valence-corrected chi connectivity index (χ0v) is 17.9. The van der Waals surface area contributed by atoms with Gasteiger partial charge in [0.2, 0.25) is 0 Å². The van der Waals surface area contributed by atoms with Crippen LogP contribution >= 0.6 is 0 Å². The molecule has 0 aliphatic heterocycles. The van der Waals surface area contributed by atoms with Gasteiger partial charge in [0.25, 0.3) is 5.91 Å². The van der Waals surface area contributed by atoms with Gasteiger partial charge >= 0.3 is 0 Å². The smallest absolute Gasteiger partial charge is 0.251 e. The molecular weight excluding hydrogens is 400 g/mol. The Hall–Kier alpha value is -4.19. The molecule has 0 aliphatic carbocycles. The molecule has 6 nitrogen and oxygen atoms in total. The standard InChI is InChI=1S/C26H24N4O2/c1-18(21-9-6-10-23(15-21)32-2)29-26(31)20-11-13-22(14-12-20)30-25-16-24(27-17-28-25)19-7-4-3-5-8-19/h3-18H,1-2H3,(H,29,31)(H,27,28,30). The minimum atomic E-state index is -0.146. The van der Waals surface area contributed by atoms with E-state index in [2.05, 4.69) is 20.6 Å². The summed E-state index contributed by atoms with van der Waals surface area (Å²) in [6, 6.07) is 26.6. The number of anilines is 2. The monoisotopic (exact) mass is 424 g/mol. The highest BCUT2D eigenvalue weighted by molar-refractivity contribution is 5.94. The van der Waals surface area contributed by atoms with Crippen LogP contribution in [0.25, 0.3) is 11.3 Å². The van der Waals surface area contributed by atoms with Crippen LogP contribution in [0.4, 0.5) is 11.5 Å². The lowest BCUT2D eigenvalue weighted by Crippen LogP contribution is -2.26. The van der Waals surface area contributed by atoms with E-state index < -0.39 is 0 Å². The maximum absolute atomic E-state index is 12.7. The molecule has 4 aromatic rings. The summed E-state index contributed by atoms with van der Waals surface area (Å²) in [5, 5.41) is 6.29. The first-order valence-electron chi connectivity index (χ1n) is 10.3. The second-order valence-corrected chi connectivity index (χ2v) is 7.33. The Morgan fingerprint density at radius 3 is 2.44 bits per heavy atom. The second-order valence-electron chi connectivity index (χ2n) is 7.33. The number of rotatable bonds is 7. The lowest BCUT2D eigenvalue weighted by Gasteiger charge is -2.15. The van der Waals surface area contributed by atoms with Crippen LogP contribution in [0.3, 0.4) is 0 Å². The maximum Gasteiger partial charge on any atom is 0.251 e. The van der Waals surface area contributed by atoms with E-state index in [0.717, 1.165) is 28.3 Å². The summed E-state index contributed by atoms with van der Waals surface area (Å²) in [4.78, 5) is 21.3. The van der Waals surface area contributed by atoms with Crippen molar-refractivity contribution in [2.24, 2.45) is 0 Å². The van der Waals surface area contributed by atoms with E-state index in [9.17, 15) is 4.79 Å². The van der Waals surface area contributed by atoms with Crippen molar-refractivity contribution < 1.29 is 9.53 Å². The van der Waals surface area contributed by atoms with E-state index in [1.807, 2.05) is 79.7 Å². The summed E-state index contributed by atoms with van der Waals surface area (Å²) >= 11 is 0. The molecule has 0 aliphatic rings. The molecule has 3 aromatic carbocycles. The van der Waals surface area contributed by atoms with Gasteiger partial charge in [0.1, 0.15) is 17.9 Å². The molecule has 6 heteroatoms. The molecule has 1 heterocycles. The minimum absolute atomic E-state index is 0.139. The third-order valence-corrected chi connectivity index (χ3v) is 5.10. The van der Waals surface area contributed by atoms with Gasteiger partial charge in [0.05, 0.1) is 18.8 Å². The van der Waals surface area contributed by atoms with E-state index in [1.165, 1.54) is 6.33 Å². The molecule has 1 aromatic heterocycles. The van der Waals surface area contributed by atoms with Gasteiger partial charge in [-0.15, -0.1) is 0 Å². The van der Waals surface area contributed by atoms with Crippen molar-refractivity contribution in [3.63, 3.8) is 0 Å². The first kappa shape index (κ1) is 21.1. The summed E-state index contributed by atoms with van der Waals surface area (Å²) in [6.07, 6.45) is 1.53. The normalized spacial score (nSPS) is 11.4. The number of methoxy groups -OCH3 is 1. The molecule has 0 fully saturated rings. The Bertz CT molecular complexity index is 1190. The Labute approximate surface area is 187 Å². The number of ether oxygens (including phenoxy) is 1. The molecule has 1 unspecified atom stereocenters. The Morgan fingerprint density at radius 1 is 0.906 bits per heavy atom. The molecule has 32 heavy (non-hydrogen) atoms. The molecule has 0 saturated heterocycles. The number of benzene rings is 3. The number of nitrogens with one attached hydrogen (secondary N) is 2. The highest BCUT2D eigenvalue weighted by Gasteiger charge is 2.12. The Kier molecular flexibility index (Phi) is 6.41. The molecule has 1 atom stereocenters. The van der Waals surface area contributed by atoms with Crippen LogP contribution in [-0.2, 0) is 0 Å². The van der Waals surface area contributed by atoms with Gasteiger partial charge in [-0.05, 0) is 48.9 Å². The van der Waals surface area contributed by atoms with Crippen LogP contribution in [0.15, 0.2) is 91.3 Å². The zero-order chi connectivity index (χ0) is 22.3. The van der Waals surface area contributed by atoms with Gasteiger partial charge in [-0.25, -0.2) is 9.97 Å². The van der Waals surface area contributed by atoms with Crippen LogP contribution in [0.1, 0.15) is 28.9 Å². The average molecular weight is 425 g/mol. The number of aromatic nitrogens is 2. The number of hydrogen-bond acceptors (Lipinski definition) is 5. The van der Waals surface area contributed by atoms with Gasteiger partial charge in [0, 0.05) is 22.9 Å². The fraction of sp³-hybridized carbons (Fsp3) is 0.115. The molecule has 2 N–H and O–H groups in total. The minimum Gasteiger partial charge on any atom is -0.497 e. The van der Waals surface area contributed by atoms with Crippen LogP contribution in [-0.4, -0.2) is 23.0 Å². The van der Waals surface area contributed by atoms with Crippen molar-refractivity contribution >= 4 is 17.4 Å². The fourth-order valence-electron chi connectivity index (χ4n) is 3.32. The number of amides is 1. The third kappa shape index (κ3) is 5.10. The van der Waals surface area contributed by atoms with E-state index in [4.69, 9.17) is 4.74 Å². The van der Waals surface area contributed by atoms with Crippen LogP contribution in [0.2, 0.25) is 0 Å². The molecular formula is C26H24N4O2. The van der Waals surface area contributed by atoms with Crippen molar-refractivity contribution in [2.45, 2.75) is 13.0 Å². The molecule has 0 radical (unpaired) electrons. The Balaban J connectivity index is 1.41. The number of carbonyl (C=O) groups excluding carboxylic acids is 1. The zero-order valence-electron chi connectivity index (χ0n) is 17.9. The van der Waals surface area contributed by atoms with Crippen LogP contribution < -0.4 is 15.4 Å². The predicted molar refractivity (Wildman–Crippen MR) is 126 cm³/mol. The lowest BCUT2D eigenvalue weighted by atomic mass is 10.1. The van der Waals surface area contributed by atoms with Gasteiger partial charge in [-0.3, -0.25) is 4.79 Å². The first-order valence-corrected chi connectivity index (χ1v) is 10.3. The predicted octanol–water partition coefficient (Wildman–Crippen LogP) is 5.39. The van der Waals surface area contributed by atoms with Gasteiger partial charge < -0.3 is 15.4 Å². The summed E-state index contributed by atoms with van der Waals surface area (Å²) in [5.74, 6) is 1.31. The maximum atomic E-state index is 12.7. The molecule has 0 saturated carbocycles. The van der Waals surface area contributed by atoms with Gasteiger partial charge in [-0.1, -0.05) is 42.5 Å². The number of nitrogens with zero attached hydrogens (tertiary/aromatic N) is 2. The summed E-state index contributed by atoms with van der Waals surface area (Å²) < 4.78 is 5.26. The average Bonchev–Trinajstić information content (AvgIpc) is 2.85. The van der Waals surface area contributed by atoms with Crippen LogP contribution in [0, 0.1) is 0 Å². The van der Waals surface area contributed by atoms with Crippen molar-refractivity contribution in [3.05, 3.63) is 102 Å². The largest absolute Gasteiger partial charge is 0.497 e. The number of carbonyl (C=O) groups is 1. The van der Waals surface area contributed by atoms with Gasteiger partial charge in [0.15, 0.2) is 0 Å².